The monoisotopic (exact) mass is 488 g/mol. The van der Waals surface area contributed by atoms with Crippen LogP contribution in [0.1, 0.15) is 58.9 Å². The van der Waals surface area contributed by atoms with Crippen molar-refractivity contribution in [2.24, 2.45) is 0 Å². The molecule has 0 aliphatic rings. The molecule has 186 valence electrons. The fourth-order valence-electron chi connectivity index (χ4n) is 4.84. The molecule has 0 aromatic heterocycles. The van der Waals surface area contributed by atoms with Gasteiger partial charge in [-0.15, -0.1) is 0 Å². The van der Waals surface area contributed by atoms with Crippen molar-refractivity contribution < 1.29 is 14.0 Å². The standard InChI is InChI=1S/C31H40O3Si/c1-5-27(24-28(18-15-23-32)33-25-26-16-9-6-10-17-26)34-35(31(2,3)4,29-19-11-7-12-20-29)30-21-13-8-14-22-30/h6-14,16-17,19-23,27-28H,5,15,18,24-25H2,1-4H3/t27-,28+/m1/s1. The Bertz CT molecular complexity index is 960. The van der Waals surface area contributed by atoms with Gasteiger partial charge in [-0.1, -0.05) is 119 Å². The Balaban J connectivity index is 1.92. The van der Waals surface area contributed by atoms with E-state index in [2.05, 4.69) is 100 Å². The number of carbonyl (C=O) groups excluding carboxylic acids is 1. The molecule has 0 unspecified atom stereocenters. The molecular formula is C31H40O3Si. The molecule has 3 nitrogen and oxygen atoms in total. The molecule has 0 spiro atoms. The molecule has 0 saturated heterocycles. The molecule has 0 amide bonds. The van der Waals surface area contributed by atoms with E-state index in [0.29, 0.717) is 19.4 Å². The lowest BCUT2D eigenvalue weighted by Crippen LogP contribution is -2.67. The number of ether oxygens (including phenoxy) is 1. The smallest absolute Gasteiger partial charge is 0.261 e. The van der Waals surface area contributed by atoms with Crippen molar-refractivity contribution in [2.75, 3.05) is 0 Å². The van der Waals surface area contributed by atoms with E-state index in [1.807, 2.05) is 18.2 Å². The molecule has 35 heavy (non-hydrogen) atoms. The van der Waals surface area contributed by atoms with Crippen molar-refractivity contribution in [3.05, 3.63) is 96.6 Å². The maximum absolute atomic E-state index is 11.2. The lowest BCUT2D eigenvalue weighted by atomic mass is 10.1. The topological polar surface area (TPSA) is 35.5 Å². The maximum atomic E-state index is 11.2. The summed E-state index contributed by atoms with van der Waals surface area (Å²) in [5.41, 5.74) is 1.14. The summed E-state index contributed by atoms with van der Waals surface area (Å²) in [6, 6.07) is 31.7. The quantitative estimate of drug-likeness (QED) is 0.209. The molecule has 3 aromatic carbocycles. The molecule has 3 rings (SSSR count). The molecule has 0 aliphatic carbocycles. The van der Waals surface area contributed by atoms with Crippen LogP contribution >= 0.6 is 0 Å². The first-order chi connectivity index (χ1) is 16.9. The fourth-order valence-corrected chi connectivity index (χ4v) is 9.62. The summed E-state index contributed by atoms with van der Waals surface area (Å²) in [5.74, 6) is 0. The van der Waals surface area contributed by atoms with Gasteiger partial charge in [0.1, 0.15) is 6.29 Å². The predicted octanol–water partition coefficient (Wildman–Crippen LogP) is 6.30. The summed E-state index contributed by atoms with van der Waals surface area (Å²) < 4.78 is 13.7. The van der Waals surface area contributed by atoms with Gasteiger partial charge in [0.25, 0.3) is 8.32 Å². The van der Waals surface area contributed by atoms with Crippen LogP contribution in [0.15, 0.2) is 91.0 Å². The van der Waals surface area contributed by atoms with Gasteiger partial charge in [0.2, 0.25) is 0 Å². The Labute approximate surface area is 212 Å². The van der Waals surface area contributed by atoms with Gasteiger partial charge in [0, 0.05) is 12.5 Å². The molecular weight excluding hydrogens is 448 g/mol. The molecule has 0 aliphatic heterocycles. The minimum absolute atomic E-state index is 0.0220. The van der Waals surface area contributed by atoms with Gasteiger partial charge in [-0.2, -0.15) is 0 Å². The summed E-state index contributed by atoms with van der Waals surface area (Å²) in [6.07, 6.45) is 3.82. The van der Waals surface area contributed by atoms with Gasteiger partial charge in [-0.3, -0.25) is 0 Å². The number of rotatable bonds is 13. The van der Waals surface area contributed by atoms with E-state index in [9.17, 15) is 4.79 Å². The van der Waals surface area contributed by atoms with E-state index in [1.165, 1.54) is 10.4 Å². The molecule has 2 atom stereocenters. The van der Waals surface area contributed by atoms with Crippen molar-refractivity contribution in [1.29, 1.82) is 0 Å². The minimum Gasteiger partial charge on any atom is -0.404 e. The van der Waals surface area contributed by atoms with Crippen LogP contribution in [0.5, 0.6) is 0 Å². The van der Waals surface area contributed by atoms with Gasteiger partial charge < -0.3 is 14.0 Å². The number of benzene rings is 3. The van der Waals surface area contributed by atoms with Crippen molar-refractivity contribution >= 4 is 25.0 Å². The van der Waals surface area contributed by atoms with Crippen LogP contribution in [0.4, 0.5) is 0 Å². The fraction of sp³-hybridized carbons (Fsp3) is 0.387. The van der Waals surface area contributed by atoms with Crippen LogP contribution in [-0.2, 0) is 20.6 Å². The van der Waals surface area contributed by atoms with Crippen molar-refractivity contribution in [3.8, 4) is 0 Å². The zero-order chi connectivity index (χ0) is 25.2. The van der Waals surface area contributed by atoms with Gasteiger partial charge in [0.15, 0.2) is 0 Å². The molecule has 0 N–H and O–H groups in total. The SMILES string of the molecule is CC[C@H](C[C@H](CCC=O)OCc1ccccc1)O[Si](c1ccccc1)(c1ccccc1)C(C)(C)C. The van der Waals surface area contributed by atoms with E-state index in [-0.39, 0.29) is 17.2 Å². The van der Waals surface area contributed by atoms with E-state index in [4.69, 9.17) is 9.16 Å². The maximum Gasteiger partial charge on any atom is 0.261 e. The second kappa shape index (κ2) is 13.0. The molecule has 4 heteroatoms. The van der Waals surface area contributed by atoms with E-state index in [1.54, 1.807) is 0 Å². The highest BCUT2D eigenvalue weighted by atomic mass is 28.4. The third kappa shape index (κ3) is 7.00. The Hall–Kier alpha value is -2.53. The van der Waals surface area contributed by atoms with Gasteiger partial charge in [-0.25, -0.2) is 0 Å². The summed E-state index contributed by atoms with van der Waals surface area (Å²) >= 11 is 0. The first kappa shape index (κ1) is 27.1. The summed E-state index contributed by atoms with van der Waals surface area (Å²) in [5, 5.41) is 2.49. The van der Waals surface area contributed by atoms with Crippen LogP contribution in [0.25, 0.3) is 0 Å². The van der Waals surface area contributed by atoms with Crippen molar-refractivity contribution in [1.82, 2.24) is 0 Å². The molecule has 0 bridgehead atoms. The lowest BCUT2D eigenvalue weighted by molar-refractivity contribution is -0.108. The lowest BCUT2D eigenvalue weighted by Gasteiger charge is -2.45. The summed E-state index contributed by atoms with van der Waals surface area (Å²) in [6.45, 7) is 9.65. The molecule has 0 radical (unpaired) electrons. The Morgan fingerprint density at radius 1 is 0.800 bits per heavy atom. The molecule has 0 saturated carbocycles. The highest BCUT2D eigenvalue weighted by molar-refractivity contribution is 6.99. The van der Waals surface area contributed by atoms with Crippen LogP contribution in [0, 0.1) is 0 Å². The van der Waals surface area contributed by atoms with Gasteiger partial charge >= 0.3 is 0 Å². The largest absolute Gasteiger partial charge is 0.404 e. The Morgan fingerprint density at radius 2 is 1.31 bits per heavy atom. The summed E-state index contributed by atoms with van der Waals surface area (Å²) in [7, 11) is -2.64. The third-order valence-electron chi connectivity index (χ3n) is 6.68. The first-order valence-electron chi connectivity index (χ1n) is 12.8. The van der Waals surface area contributed by atoms with E-state index >= 15 is 0 Å². The molecule has 0 fully saturated rings. The zero-order valence-corrected chi connectivity index (χ0v) is 22.7. The van der Waals surface area contributed by atoms with Gasteiger partial charge in [-0.05, 0) is 40.2 Å². The second-order valence-corrected chi connectivity index (χ2v) is 14.5. The van der Waals surface area contributed by atoms with Crippen molar-refractivity contribution in [2.45, 2.75) is 77.2 Å². The summed E-state index contributed by atoms with van der Waals surface area (Å²) in [4.78, 5) is 11.2. The number of carbonyl (C=O) groups is 1. The van der Waals surface area contributed by atoms with Crippen LogP contribution in [-0.4, -0.2) is 26.8 Å². The van der Waals surface area contributed by atoms with Crippen LogP contribution in [0.2, 0.25) is 5.04 Å². The van der Waals surface area contributed by atoms with Crippen LogP contribution in [0.3, 0.4) is 0 Å². The Morgan fingerprint density at radius 3 is 1.77 bits per heavy atom. The zero-order valence-electron chi connectivity index (χ0n) is 21.7. The van der Waals surface area contributed by atoms with Crippen LogP contribution < -0.4 is 10.4 Å². The number of hydrogen-bond acceptors (Lipinski definition) is 3. The van der Waals surface area contributed by atoms with E-state index in [0.717, 1.165) is 24.7 Å². The minimum atomic E-state index is -2.64. The highest BCUT2D eigenvalue weighted by Crippen LogP contribution is 2.38. The number of hydrogen-bond donors (Lipinski definition) is 0. The number of aldehydes is 1. The van der Waals surface area contributed by atoms with Crippen molar-refractivity contribution in [3.63, 3.8) is 0 Å². The molecule has 3 aromatic rings. The van der Waals surface area contributed by atoms with Gasteiger partial charge in [0.05, 0.1) is 12.7 Å². The second-order valence-electron chi connectivity index (χ2n) is 10.2. The molecule has 0 heterocycles. The predicted molar refractivity (Wildman–Crippen MR) is 148 cm³/mol. The normalized spacial score (nSPS) is 13.8. The van der Waals surface area contributed by atoms with E-state index < -0.39 is 8.32 Å². The Kier molecular flexibility index (Phi) is 10.0. The average Bonchev–Trinajstić information content (AvgIpc) is 2.88. The average molecular weight is 489 g/mol. The highest BCUT2D eigenvalue weighted by Gasteiger charge is 2.51. The first-order valence-corrected chi connectivity index (χ1v) is 14.7. The third-order valence-corrected chi connectivity index (χ3v) is 11.8.